The fourth-order valence-corrected chi connectivity index (χ4v) is 5.20. The standard InChI is InChI=1S/C26H36O2/c1-20-8-5-3-4-6-19-26(21(2)10-7-9-20,22-11-15-24(27)16-12-22)23-13-17-25(28)18-14-23/h11-18,20-21,27-28H,3-10,19H2,1-2H3. The summed E-state index contributed by atoms with van der Waals surface area (Å²) in [5.41, 5.74) is 2.49. The van der Waals surface area contributed by atoms with E-state index in [0.29, 0.717) is 17.4 Å². The van der Waals surface area contributed by atoms with Crippen LogP contribution in [0.5, 0.6) is 11.5 Å². The molecule has 1 aliphatic rings. The van der Waals surface area contributed by atoms with E-state index in [1.54, 1.807) is 0 Å². The van der Waals surface area contributed by atoms with E-state index < -0.39 is 0 Å². The second-order valence-electron chi connectivity index (χ2n) is 8.96. The molecular weight excluding hydrogens is 344 g/mol. The molecule has 2 unspecified atom stereocenters. The summed E-state index contributed by atoms with van der Waals surface area (Å²) in [6, 6.07) is 15.7. The Morgan fingerprint density at radius 3 is 1.71 bits per heavy atom. The Morgan fingerprint density at radius 1 is 0.643 bits per heavy atom. The molecule has 2 aromatic rings. The van der Waals surface area contributed by atoms with Crippen molar-refractivity contribution in [3.63, 3.8) is 0 Å². The normalized spacial score (nSPS) is 24.1. The zero-order valence-corrected chi connectivity index (χ0v) is 17.5. The van der Waals surface area contributed by atoms with Crippen LogP contribution in [0.4, 0.5) is 0 Å². The Bertz CT molecular complexity index is 672. The number of hydrogen-bond acceptors (Lipinski definition) is 2. The first-order valence-electron chi connectivity index (χ1n) is 11.1. The van der Waals surface area contributed by atoms with Gasteiger partial charge in [0.15, 0.2) is 0 Å². The molecule has 2 nitrogen and oxygen atoms in total. The van der Waals surface area contributed by atoms with E-state index in [9.17, 15) is 10.2 Å². The first-order chi connectivity index (χ1) is 13.5. The number of rotatable bonds is 2. The summed E-state index contributed by atoms with van der Waals surface area (Å²) in [6.45, 7) is 4.81. The van der Waals surface area contributed by atoms with Crippen LogP contribution < -0.4 is 0 Å². The molecule has 0 saturated heterocycles. The molecule has 2 atom stereocenters. The van der Waals surface area contributed by atoms with Crippen molar-refractivity contribution < 1.29 is 10.2 Å². The van der Waals surface area contributed by atoms with Gasteiger partial charge in [-0.1, -0.05) is 83.1 Å². The van der Waals surface area contributed by atoms with Crippen molar-refractivity contribution in [3.05, 3.63) is 59.7 Å². The van der Waals surface area contributed by atoms with E-state index in [0.717, 1.165) is 12.3 Å². The van der Waals surface area contributed by atoms with Crippen molar-refractivity contribution >= 4 is 0 Å². The molecule has 3 rings (SSSR count). The minimum absolute atomic E-state index is 0.0795. The van der Waals surface area contributed by atoms with Gasteiger partial charge in [-0.25, -0.2) is 0 Å². The van der Waals surface area contributed by atoms with Gasteiger partial charge in [0, 0.05) is 5.41 Å². The molecule has 0 bridgehead atoms. The molecule has 0 spiro atoms. The SMILES string of the molecule is CC1CCCCCCC(c2ccc(O)cc2)(c2ccc(O)cc2)C(C)CCC1. The summed E-state index contributed by atoms with van der Waals surface area (Å²) in [4.78, 5) is 0. The van der Waals surface area contributed by atoms with E-state index in [-0.39, 0.29) is 5.41 Å². The molecule has 1 saturated carbocycles. The quantitative estimate of drug-likeness (QED) is 0.579. The number of benzene rings is 2. The predicted octanol–water partition coefficient (Wildman–Crippen LogP) is 7.18. The third-order valence-electron chi connectivity index (χ3n) is 6.96. The van der Waals surface area contributed by atoms with E-state index >= 15 is 0 Å². The van der Waals surface area contributed by atoms with Gasteiger partial charge in [-0.2, -0.15) is 0 Å². The average molecular weight is 381 g/mol. The summed E-state index contributed by atoms with van der Waals surface area (Å²) >= 11 is 0. The van der Waals surface area contributed by atoms with Gasteiger partial charge in [-0.15, -0.1) is 0 Å². The highest BCUT2D eigenvalue weighted by Gasteiger charge is 2.39. The molecular formula is C26H36O2. The smallest absolute Gasteiger partial charge is 0.115 e. The number of phenols is 2. The molecule has 2 aromatic carbocycles. The predicted molar refractivity (Wildman–Crippen MR) is 117 cm³/mol. The van der Waals surface area contributed by atoms with Gasteiger partial charge in [0.05, 0.1) is 0 Å². The number of hydrogen-bond donors (Lipinski definition) is 2. The fraction of sp³-hybridized carbons (Fsp3) is 0.538. The second kappa shape index (κ2) is 9.49. The molecule has 1 aliphatic carbocycles. The lowest BCUT2D eigenvalue weighted by molar-refractivity contribution is 0.273. The van der Waals surface area contributed by atoms with Crippen LogP contribution in [0.1, 0.15) is 82.8 Å². The summed E-state index contributed by atoms with van der Waals surface area (Å²) < 4.78 is 0. The molecule has 0 radical (unpaired) electrons. The van der Waals surface area contributed by atoms with Crippen molar-refractivity contribution in [1.29, 1.82) is 0 Å². The van der Waals surface area contributed by atoms with Crippen LogP contribution in [0.2, 0.25) is 0 Å². The van der Waals surface area contributed by atoms with Gasteiger partial charge < -0.3 is 10.2 Å². The molecule has 0 amide bonds. The van der Waals surface area contributed by atoms with Crippen LogP contribution in [-0.2, 0) is 5.41 Å². The van der Waals surface area contributed by atoms with Crippen LogP contribution in [0.25, 0.3) is 0 Å². The molecule has 0 heterocycles. The first kappa shape index (κ1) is 20.8. The summed E-state index contributed by atoms with van der Waals surface area (Å²) in [5.74, 6) is 1.95. The lowest BCUT2D eigenvalue weighted by Gasteiger charge is -2.41. The fourth-order valence-electron chi connectivity index (χ4n) is 5.20. The zero-order chi connectivity index (χ0) is 20.0. The van der Waals surface area contributed by atoms with Gasteiger partial charge >= 0.3 is 0 Å². The highest BCUT2D eigenvalue weighted by atomic mass is 16.3. The molecule has 0 aromatic heterocycles. The van der Waals surface area contributed by atoms with E-state index in [4.69, 9.17) is 0 Å². The monoisotopic (exact) mass is 380 g/mol. The minimum atomic E-state index is -0.0795. The van der Waals surface area contributed by atoms with E-state index in [1.807, 2.05) is 24.3 Å². The third kappa shape index (κ3) is 4.71. The highest BCUT2D eigenvalue weighted by Crippen LogP contribution is 2.46. The summed E-state index contributed by atoms with van der Waals surface area (Å²) in [5, 5.41) is 19.7. The Balaban J connectivity index is 2.04. The van der Waals surface area contributed by atoms with Crippen LogP contribution >= 0.6 is 0 Å². The van der Waals surface area contributed by atoms with Gasteiger partial charge in [-0.05, 0) is 60.1 Å². The zero-order valence-electron chi connectivity index (χ0n) is 17.5. The Kier molecular flexibility index (Phi) is 7.04. The van der Waals surface area contributed by atoms with Crippen molar-refractivity contribution in [3.8, 4) is 11.5 Å². The summed E-state index contributed by atoms with van der Waals surface area (Å²) in [7, 11) is 0. The van der Waals surface area contributed by atoms with Gasteiger partial charge in [-0.3, -0.25) is 0 Å². The molecule has 28 heavy (non-hydrogen) atoms. The molecule has 152 valence electrons. The number of phenolic OH excluding ortho intramolecular Hbond substituents is 2. The van der Waals surface area contributed by atoms with Crippen molar-refractivity contribution in [1.82, 2.24) is 0 Å². The van der Waals surface area contributed by atoms with E-state index in [1.165, 1.54) is 62.5 Å². The van der Waals surface area contributed by atoms with Crippen LogP contribution in [0.3, 0.4) is 0 Å². The maximum Gasteiger partial charge on any atom is 0.115 e. The van der Waals surface area contributed by atoms with Gasteiger partial charge in [0.1, 0.15) is 11.5 Å². The topological polar surface area (TPSA) is 40.5 Å². The third-order valence-corrected chi connectivity index (χ3v) is 6.96. The van der Waals surface area contributed by atoms with E-state index in [2.05, 4.69) is 38.1 Å². The van der Waals surface area contributed by atoms with Gasteiger partial charge in [0.2, 0.25) is 0 Å². The maximum atomic E-state index is 9.86. The maximum absolute atomic E-state index is 9.86. The average Bonchev–Trinajstić information content (AvgIpc) is 2.68. The Morgan fingerprint density at radius 2 is 1.14 bits per heavy atom. The first-order valence-corrected chi connectivity index (χ1v) is 11.1. The molecule has 2 N–H and O–H groups in total. The van der Waals surface area contributed by atoms with Crippen molar-refractivity contribution in [2.24, 2.45) is 11.8 Å². The lowest BCUT2D eigenvalue weighted by Crippen LogP contribution is -2.35. The molecule has 1 fully saturated rings. The second-order valence-corrected chi connectivity index (χ2v) is 8.96. The van der Waals surface area contributed by atoms with Crippen LogP contribution in [0.15, 0.2) is 48.5 Å². The largest absolute Gasteiger partial charge is 0.508 e. The van der Waals surface area contributed by atoms with Crippen molar-refractivity contribution in [2.75, 3.05) is 0 Å². The van der Waals surface area contributed by atoms with Gasteiger partial charge in [0.25, 0.3) is 0 Å². The Hall–Kier alpha value is -1.96. The van der Waals surface area contributed by atoms with Crippen molar-refractivity contribution in [2.45, 2.75) is 77.0 Å². The minimum Gasteiger partial charge on any atom is -0.508 e. The number of aromatic hydroxyl groups is 2. The summed E-state index contributed by atoms with van der Waals surface area (Å²) in [6.07, 6.45) is 11.4. The lowest BCUT2D eigenvalue weighted by atomic mass is 9.62. The van der Waals surface area contributed by atoms with Crippen LogP contribution in [-0.4, -0.2) is 10.2 Å². The molecule has 0 aliphatic heterocycles. The van der Waals surface area contributed by atoms with Crippen LogP contribution in [0, 0.1) is 11.8 Å². The molecule has 2 heteroatoms. The Labute approximate surface area is 170 Å². The highest BCUT2D eigenvalue weighted by molar-refractivity contribution is 5.43.